The molecular formula is C23H24O5. The molecular weight excluding hydrogens is 356 g/mol. The minimum Gasteiger partial charge on any atom is -0.497 e. The Kier molecular flexibility index (Phi) is 6.14. The van der Waals surface area contributed by atoms with Crippen molar-refractivity contribution in [3.05, 3.63) is 69.6 Å². The molecule has 0 aliphatic carbocycles. The summed E-state index contributed by atoms with van der Waals surface area (Å²) in [6.45, 7) is 3.90. The minimum absolute atomic E-state index is 0.1000. The van der Waals surface area contributed by atoms with Gasteiger partial charge in [-0.05, 0) is 67.3 Å². The molecule has 0 saturated carbocycles. The lowest BCUT2D eigenvalue weighted by atomic mass is 10.0. The third kappa shape index (κ3) is 4.42. The number of carbonyl (C=O) groups excluding carboxylic acids is 1. The summed E-state index contributed by atoms with van der Waals surface area (Å²) >= 11 is 0. The van der Waals surface area contributed by atoms with E-state index in [0.717, 1.165) is 35.8 Å². The molecule has 0 fully saturated rings. The first kappa shape index (κ1) is 19.7. The number of hydrogen-bond acceptors (Lipinski definition) is 5. The summed E-state index contributed by atoms with van der Waals surface area (Å²) in [5.74, 6) is 1.12. The number of methoxy groups -OCH3 is 1. The molecule has 5 nitrogen and oxygen atoms in total. The Morgan fingerprint density at radius 3 is 2.54 bits per heavy atom. The van der Waals surface area contributed by atoms with Crippen molar-refractivity contribution in [3.8, 4) is 11.5 Å². The molecule has 5 heteroatoms. The molecule has 0 amide bonds. The van der Waals surface area contributed by atoms with E-state index in [-0.39, 0.29) is 18.0 Å². The first-order valence-electron chi connectivity index (χ1n) is 9.39. The summed E-state index contributed by atoms with van der Waals surface area (Å²) in [6, 6.07) is 12.1. The molecule has 3 aromatic rings. The highest BCUT2D eigenvalue weighted by Gasteiger charge is 2.14. The van der Waals surface area contributed by atoms with Crippen LogP contribution < -0.4 is 15.1 Å². The Morgan fingerprint density at radius 2 is 1.86 bits per heavy atom. The van der Waals surface area contributed by atoms with Crippen LogP contribution in [0.4, 0.5) is 0 Å². The van der Waals surface area contributed by atoms with Crippen LogP contribution in [0.1, 0.15) is 41.3 Å². The fourth-order valence-corrected chi connectivity index (χ4v) is 3.15. The van der Waals surface area contributed by atoms with Crippen LogP contribution >= 0.6 is 0 Å². The first-order chi connectivity index (χ1) is 13.5. The Balaban J connectivity index is 1.90. The Labute approximate surface area is 163 Å². The fourth-order valence-electron chi connectivity index (χ4n) is 3.15. The predicted octanol–water partition coefficient (Wildman–Crippen LogP) is 4.71. The van der Waals surface area contributed by atoms with E-state index in [0.29, 0.717) is 22.6 Å². The third-order valence-corrected chi connectivity index (χ3v) is 4.60. The number of hydrogen-bond donors (Lipinski definition) is 0. The van der Waals surface area contributed by atoms with Gasteiger partial charge in [0.2, 0.25) is 0 Å². The van der Waals surface area contributed by atoms with Gasteiger partial charge in [-0.2, -0.15) is 0 Å². The van der Waals surface area contributed by atoms with Gasteiger partial charge >= 0.3 is 5.63 Å². The number of Topliss-reactive ketones (excluding diaryl/α,β-unsaturated/α-hetero) is 1. The molecule has 0 radical (unpaired) electrons. The van der Waals surface area contributed by atoms with Crippen LogP contribution in [0.5, 0.6) is 11.5 Å². The van der Waals surface area contributed by atoms with Gasteiger partial charge in [0, 0.05) is 11.6 Å². The van der Waals surface area contributed by atoms with E-state index in [9.17, 15) is 9.59 Å². The van der Waals surface area contributed by atoms with E-state index in [1.807, 2.05) is 19.1 Å². The molecule has 3 rings (SSSR count). The molecule has 2 aromatic carbocycles. The summed E-state index contributed by atoms with van der Waals surface area (Å²) < 4.78 is 16.4. The summed E-state index contributed by atoms with van der Waals surface area (Å²) in [7, 11) is 1.58. The fraction of sp³-hybridized carbons (Fsp3) is 0.304. The third-order valence-electron chi connectivity index (χ3n) is 4.60. The molecule has 0 aliphatic heterocycles. The summed E-state index contributed by atoms with van der Waals surface area (Å²) in [4.78, 5) is 24.4. The first-order valence-corrected chi connectivity index (χ1v) is 9.39. The van der Waals surface area contributed by atoms with E-state index in [2.05, 4.69) is 6.92 Å². The lowest BCUT2D eigenvalue weighted by Crippen LogP contribution is -2.12. The molecule has 1 heterocycles. The van der Waals surface area contributed by atoms with Crippen LogP contribution in [0.2, 0.25) is 0 Å². The second kappa shape index (κ2) is 8.74. The van der Waals surface area contributed by atoms with Crippen LogP contribution in [0.3, 0.4) is 0 Å². The number of aryl methyl sites for hydroxylation is 2. The van der Waals surface area contributed by atoms with Crippen LogP contribution in [-0.2, 0) is 6.42 Å². The smallest absolute Gasteiger partial charge is 0.336 e. The van der Waals surface area contributed by atoms with Gasteiger partial charge in [-0.1, -0.05) is 13.3 Å². The second-order valence-electron chi connectivity index (χ2n) is 6.77. The van der Waals surface area contributed by atoms with Crippen molar-refractivity contribution in [1.82, 2.24) is 0 Å². The van der Waals surface area contributed by atoms with E-state index in [1.54, 1.807) is 31.4 Å². The molecule has 0 saturated heterocycles. The zero-order chi connectivity index (χ0) is 20.1. The van der Waals surface area contributed by atoms with Crippen LogP contribution in [-0.4, -0.2) is 19.5 Å². The Hall–Kier alpha value is -3.08. The molecule has 146 valence electrons. The monoisotopic (exact) mass is 380 g/mol. The minimum atomic E-state index is -0.371. The van der Waals surface area contributed by atoms with Gasteiger partial charge in [0.25, 0.3) is 0 Å². The normalized spacial score (nSPS) is 10.8. The lowest BCUT2D eigenvalue weighted by Gasteiger charge is -2.13. The quantitative estimate of drug-likeness (QED) is 0.418. The van der Waals surface area contributed by atoms with Crippen molar-refractivity contribution in [3.63, 3.8) is 0 Å². The summed E-state index contributed by atoms with van der Waals surface area (Å²) in [6.07, 6.45) is 2.72. The Morgan fingerprint density at radius 1 is 1.11 bits per heavy atom. The van der Waals surface area contributed by atoms with E-state index >= 15 is 0 Å². The molecule has 0 aliphatic rings. The number of ketones is 1. The van der Waals surface area contributed by atoms with Gasteiger partial charge in [-0.25, -0.2) is 4.79 Å². The molecule has 28 heavy (non-hydrogen) atoms. The number of rotatable bonds is 8. The lowest BCUT2D eigenvalue weighted by molar-refractivity contribution is 0.0922. The average molecular weight is 380 g/mol. The van der Waals surface area contributed by atoms with Crippen molar-refractivity contribution in [2.75, 3.05) is 13.7 Å². The molecule has 0 bridgehead atoms. The number of benzene rings is 2. The van der Waals surface area contributed by atoms with Crippen molar-refractivity contribution < 1.29 is 18.7 Å². The van der Waals surface area contributed by atoms with Crippen LogP contribution in [0.15, 0.2) is 51.7 Å². The predicted molar refractivity (Wildman–Crippen MR) is 109 cm³/mol. The summed E-state index contributed by atoms with van der Waals surface area (Å²) in [5.41, 5.74) is 2.46. The van der Waals surface area contributed by atoms with E-state index < -0.39 is 0 Å². The van der Waals surface area contributed by atoms with Crippen molar-refractivity contribution in [2.45, 2.75) is 33.1 Å². The summed E-state index contributed by atoms with van der Waals surface area (Å²) in [5, 5.41) is 0.765. The number of unbranched alkanes of at least 4 members (excludes halogenated alkanes) is 1. The van der Waals surface area contributed by atoms with Gasteiger partial charge < -0.3 is 13.9 Å². The van der Waals surface area contributed by atoms with Crippen LogP contribution in [0, 0.1) is 6.92 Å². The topological polar surface area (TPSA) is 65.7 Å². The molecule has 0 unspecified atom stereocenters. The maximum atomic E-state index is 12.5. The molecule has 0 spiro atoms. The molecule has 0 N–H and O–H groups in total. The highest BCUT2D eigenvalue weighted by atomic mass is 16.5. The van der Waals surface area contributed by atoms with Gasteiger partial charge in [0.1, 0.15) is 17.1 Å². The highest BCUT2D eigenvalue weighted by Crippen LogP contribution is 2.31. The van der Waals surface area contributed by atoms with E-state index in [4.69, 9.17) is 13.9 Å². The number of carbonyl (C=O) groups is 1. The maximum Gasteiger partial charge on any atom is 0.336 e. The average Bonchev–Trinajstić information content (AvgIpc) is 2.69. The molecule has 1 aromatic heterocycles. The zero-order valence-corrected chi connectivity index (χ0v) is 16.4. The van der Waals surface area contributed by atoms with Gasteiger partial charge in [0.05, 0.1) is 12.5 Å². The zero-order valence-electron chi connectivity index (χ0n) is 16.4. The maximum absolute atomic E-state index is 12.5. The standard InChI is InChI=1S/C23H24O5/c1-4-5-6-17-13-22(25)28-21-12-15(2)11-20(23(17)21)27-14-19(24)16-7-9-18(26-3)10-8-16/h7-13H,4-6,14H2,1-3H3. The van der Waals surface area contributed by atoms with E-state index in [1.165, 1.54) is 6.07 Å². The SMILES string of the molecule is CCCCc1cc(=O)oc2cc(C)cc(OCC(=O)c3ccc(OC)cc3)c12. The van der Waals surface area contributed by atoms with Gasteiger partial charge in [-0.15, -0.1) is 0 Å². The van der Waals surface area contributed by atoms with Crippen molar-refractivity contribution in [1.29, 1.82) is 0 Å². The second-order valence-corrected chi connectivity index (χ2v) is 6.77. The van der Waals surface area contributed by atoms with Gasteiger partial charge in [0.15, 0.2) is 12.4 Å². The van der Waals surface area contributed by atoms with Gasteiger partial charge in [-0.3, -0.25) is 4.79 Å². The largest absolute Gasteiger partial charge is 0.497 e. The van der Waals surface area contributed by atoms with Crippen molar-refractivity contribution >= 4 is 16.8 Å². The van der Waals surface area contributed by atoms with Crippen LogP contribution in [0.25, 0.3) is 11.0 Å². The number of ether oxygens (including phenoxy) is 2. The molecule has 0 atom stereocenters. The Bertz CT molecular complexity index is 1030. The highest BCUT2D eigenvalue weighted by molar-refractivity contribution is 5.97. The number of fused-ring (bicyclic) bond motifs is 1. The van der Waals surface area contributed by atoms with Crippen molar-refractivity contribution in [2.24, 2.45) is 0 Å².